The Balaban J connectivity index is 2.25. The van der Waals surface area contributed by atoms with Gasteiger partial charge in [0.2, 0.25) is 10.0 Å². The lowest BCUT2D eigenvalue weighted by Gasteiger charge is -2.32. The Hall–Kier alpha value is -1.11. The first-order valence-electron chi connectivity index (χ1n) is 6.92. The molecule has 1 aliphatic heterocycles. The van der Waals surface area contributed by atoms with Gasteiger partial charge in [0.1, 0.15) is 0 Å². The second-order valence-electron chi connectivity index (χ2n) is 5.41. The SMILES string of the molecule is Cc1cc(N)ccc1S(=O)(=O)N1CCCC(CCO)C1. The normalized spacial score (nSPS) is 21.0. The van der Waals surface area contributed by atoms with Gasteiger partial charge in [-0.05, 0) is 55.9 Å². The van der Waals surface area contributed by atoms with Gasteiger partial charge in [0, 0.05) is 25.4 Å². The molecule has 6 heteroatoms. The zero-order chi connectivity index (χ0) is 14.8. The van der Waals surface area contributed by atoms with Crippen LogP contribution in [0.3, 0.4) is 0 Å². The molecule has 0 spiro atoms. The molecule has 1 unspecified atom stereocenters. The molecule has 0 aliphatic carbocycles. The number of nitrogen functional groups attached to an aromatic ring is 1. The highest BCUT2D eigenvalue weighted by molar-refractivity contribution is 7.89. The molecular weight excluding hydrogens is 276 g/mol. The highest BCUT2D eigenvalue weighted by Gasteiger charge is 2.30. The van der Waals surface area contributed by atoms with Gasteiger partial charge in [-0.25, -0.2) is 8.42 Å². The molecule has 0 amide bonds. The Bertz CT molecular complexity index is 570. The Morgan fingerprint density at radius 1 is 1.45 bits per heavy atom. The number of nitrogens with zero attached hydrogens (tertiary/aromatic N) is 1. The van der Waals surface area contributed by atoms with Crippen molar-refractivity contribution in [3.05, 3.63) is 23.8 Å². The molecule has 0 bridgehead atoms. The molecular formula is C14H22N2O3S. The summed E-state index contributed by atoms with van der Waals surface area (Å²) in [6.07, 6.45) is 2.48. The van der Waals surface area contributed by atoms with Gasteiger partial charge in [0.05, 0.1) is 4.90 Å². The number of aliphatic hydroxyl groups excluding tert-OH is 1. The molecule has 1 heterocycles. The average molecular weight is 298 g/mol. The Kier molecular flexibility index (Phi) is 4.67. The van der Waals surface area contributed by atoms with Crippen molar-refractivity contribution < 1.29 is 13.5 Å². The number of rotatable bonds is 4. The molecule has 1 saturated heterocycles. The van der Waals surface area contributed by atoms with E-state index in [4.69, 9.17) is 10.8 Å². The molecule has 1 atom stereocenters. The number of benzene rings is 1. The van der Waals surface area contributed by atoms with Gasteiger partial charge < -0.3 is 10.8 Å². The van der Waals surface area contributed by atoms with Crippen LogP contribution < -0.4 is 5.73 Å². The number of aryl methyl sites for hydroxylation is 1. The molecule has 1 aliphatic rings. The highest BCUT2D eigenvalue weighted by Crippen LogP contribution is 2.27. The number of anilines is 1. The quantitative estimate of drug-likeness (QED) is 0.822. The van der Waals surface area contributed by atoms with Gasteiger partial charge in [0.15, 0.2) is 0 Å². The van der Waals surface area contributed by atoms with Crippen LogP contribution >= 0.6 is 0 Å². The standard InChI is InChI=1S/C14H22N2O3S/c1-11-9-13(15)4-5-14(11)20(18,19)16-7-2-3-12(10-16)6-8-17/h4-5,9,12,17H,2-3,6-8,10,15H2,1H3. The molecule has 0 saturated carbocycles. The van der Waals surface area contributed by atoms with Crippen LogP contribution in [-0.2, 0) is 10.0 Å². The van der Waals surface area contributed by atoms with Crippen LogP contribution in [0.25, 0.3) is 0 Å². The summed E-state index contributed by atoms with van der Waals surface area (Å²) in [4.78, 5) is 0.330. The third-order valence-electron chi connectivity index (χ3n) is 3.84. The van der Waals surface area contributed by atoms with E-state index in [1.54, 1.807) is 25.1 Å². The van der Waals surface area contributed by atoms with Crippen molar-refractivity contribution in [2.45, 2.75) is 31.1 Å². The van der Waals surface area contributed by atoms with Crippen molar-refractivity contribution in [2.75, 3.05) is 25.4 Å². The van der Waals surface area contributed by atoms with E-state index in [0.717, 1.165) is 12.8 Å². The third kappa shape index (κ3) is 3.13. The monoisotopic (exact) mass is 298 g/mol. The van der Waals surface area contributed by atoms with Crippen LogP contribution in [0.2, 0.25) is 0 Å². The summed E-state index contributed by atoms with van der Waals surface area (Å²) in [5, 5.41) is 9.02. The summed E-state index contributed by atoms with van der Waals surface area (Å²) >= 11 is 0. The number of hydrogen-bond acceptors (Lipinski definition) is 4. The van der Waals surface area contributed by atoms with Crippen LogP contribution in [0.1, 0.15) is 24.8 Å². The van der Waals surface area contributed by atoms with Gasteiger partial charge in [-0.15, -0.1) is 0 Å². The lowest BCUT2D eigenvalue weighted by atomic mass is 9.97. The fourth-order valence-corrected chi connectivity index (χ4v) is 4.53. The lowest BCUT2D eigenvalue weighted by molar-refractivity contribution is 0.203. The minimum absolute atomic E-state index is 0.111. The van der Waals surface area contributed by atoms with Crippen LogP contribution in [-0.4, -0.2) is 37.5 Å². The molecule has 1 aromatic rings. The fraction of sp³-hybridized carbons (Fsp3) is 0.571. The van der Waals surface area contributed by atoms with E-state index in [1.807, 2.05) is 0 Å². The Labute approximate surface area is 120 Å². The van der Waals surface area contributed by atoms with Crippen LogP contribution in [0.5, 0.6) is 0 Å². The van der Waals surface area contributed by atoms with Gasteiger partial charge in [-0.1, -0.05) is 0 Å². The largest absolute Gasteiger partial charge is 0.399 e. The first-order valence-corrected chi connectivity index (χ1v) is 8.36. The maximum Gasteiger partial charge on any atom is 0.243 e. The zero-order valence-corrected chi connectivity index (χ0v) is 12.6. The predicted molar refractivity (Wildman–Crippen MR) is 78.8 cm³/mol. The van der Waals surface area contributed by atoms with Crippen LogP contribution in [0, 0.1) is 12.8 Å². The molecule has 20 heavy (non-hydrogen) atoms. The smallest absolute Gasteiger partial charge is 0.243 e. The summed E-state index contributed by atoms with van der Waals surface area (Å²) in [6.45, 7) is 2.92. The molecule has 1 aromatic carbocycles. The van der Waals surface area contributed by atoms with E-state index >= 15 is 0 Å². The summed E-state index contributed by atoms with van der Waals surface area (Å²) in [5.74, 6) is 0.248. The van der Waals surface area contributed by atoms with E-state index in [0.29, 0.717) is 35.7 Å². The van der Waals surface area contributed by atoms with Crippen LogP contribution in [0.15, 0.2) is 23.1 Å². The van der Waals surface area contributed by atoms with Crippen molar-refractivity contribution in [1.29, 1.82) is 0 Å². The lowest BCUT2D eigenvalue weighted by Crippen LogP contribution is -2.40. The van der Waals surface area contributed by atoms with Gasteiger partial charge >= 0.3 is 0 Å². The molecule has 5 nitrogen and oxygen atoms in total. The van der Waals surface area contributed by atoms with E-state index in [-0.39, 0.29) is 12.5 Å². The highest BCUT2D eigenvalue weighted by atomic mass is 32.2. The predicted octanol–water partition coefficient (Wildman–Crippen LogP) is 1.36. The minimum atomic E-state index is -3.46. The summed E-state index contributed by atoms with van der Waals surface area (Å²) in [5.41, 5.74) is 6.92. The van der Waals surface area contributed by atoms with Crippen molar-refractivity contribution in [2.24, 2.45) is 5.92 Å². The maximum absolute atomic E-state index is 12.7. The first-order chi connectivity index (χ1) is 9.45. The maximum atomic E-state index is 12.7. The van der Waals surface area contributed by atoms with Crippen molar-refractivity contribution in [3.8, 4) is 0 Å². The number of piperidine rings is 1. The number of sulfonamides is 1. The minimum Gasteiger partial charge on any atom is -0.399 e. The molecule has 3 N–H and O–H groups in total. The summed E-state index contributed by atoms with van der Waals surface area (Å²) in [7, 11) is -3.46. The van der Waals surface area contributed by atoms with Crippen molar-refractivity contribution in [1.82, 2.24) is 4.31 Å². The molecule has 2 rings (SSSR count). The first kappa shape index (κ1) is 15.3. The van der Waals surface area contributed by atoms with Crippen molar-refractivity contribution in [3.63, 3.8) is 0 Å². The van der Waals surface area contributed by atoms with E-state index in [9.17, 15) is 8.42 Å². The van der Waals surface area contributed by atoms with E-state index in [1.165, 1.54) is 4.31 Å². The second kappa shape index (κ2) is 6.11. The average Bonchev–Trinajstić information content (AvgIpc) is 2.39. The molecule has 112 valence electrons. The van der Waals surface area contributed by atoms with Gasteiger partial charge in [-0.3, -0.25) is 0 Å². The van der Waals surface area contributed by atoms with Crippen molar-refractivity contribution >= 4 is 15.7 Å². The van der Waals surface area contributed by atoms with E-state index in [2.05, 4.69) is 0 Å². The number of aliphatic hydroxyl groups is 1. The number of hydrogen-bond donors (Lipinski definition) is 2. The zero-order valence-electron chi connectivity index (χ0n) is 11.7. The molecule has 0 radical (unpaired) electrons. The topological polar surface area (TPSA) is 83.6 Å². The molecule has 0 aromatic heterocycles. The Morgan fingerprint density at radius 3 is 2.85 bits per heavy atom. The third-order valence-corrected chi connectivity index (χ3v) is 5.86. The van der Waals surface area contributed by atoms with Gasteiger partial charge in [0.25, 0.3) is 0 Å². The molecule has 1 fully saturated rings. The van der Waals surface area contributed by atoms with E-state index < -0.39 is 10.0 Å². The summed E-state index contributed by atoms with van der Waals surface area (Å²) < 4.78 is 26.9. The fourth-order valence-electron chi connectivity index (χ4n) is 2.76. The summed E-state index contributed by atoms with van der Waals surface area (Å²) in [6, 6.07) is 4.88. The van der Waals surface area contributed by atoms with Crippen LogP contribution in [0.4, 0.5) is 5.69 Å². The Morgan fingerprint density at radius 2 is 2.20 bits per heavy atom. The second-order valence-corrected chi connectivity index (χ2v) is 7.31. The number of nitrogens with two attached hydrogens (primary N) is 1. The van der Waals surface area contributed by atoms with Gasteiger partial charge in [-0.2, -0.15) is 4.31 Å².